The summed E-state index contributed by atoms with van der Waals surface area (Å²) in [5, 5.41) is 3.84. The average molecular weight is 417 g/mol. The zero-order chi connectivity index (χ0) is 21.8. The highest BCUT2D eigenvalue weighted by Crippen LogP contribution is 2.25. The number of hydrogen-bond donors (Lipinski definition) is 1. The van der Waals surface area contributed by atoms with Crippen molar-refractivity contribution in [3.05, 3.63) is 99.8 Å². The second kappa shape index (κ2) is 8.92. The van der Waals surface area contributed by atoms with Crippen LogP contribution in [-0.2, 0) is 11.2 Å². The van der Waals surface area contributed by atoms with Crippen molar-refractivity contribution in [1.29, 1.82) is 0 Å². The van der Waals surface area contributed by atoms with Gasteiger partial charge in [0.25, 0.3) is 0 Å². The Balaban J connectivity index is 1.53. The molecule has 0 bridgehead atoms. The standard InChI is InChI=1S/C25H23NO5/c1-16-19-11-10-18(29-2)15-22(19)31-25(28)20(16)12-13-23(27)26-24(21-9-6-14-30-21)17-7-4-3-5-8-17/h3-11,14-15,24H,12-13H2,1-2H3,(H,26,27). The minimum Gasteiger partial charge on any atom is -0.497 e. The Morgan fingerprint density at radius 3 is 2.61 bits per heavy atom. The number of benzene rings is 2. The molecule has 1 unspecified atom stereocenters. The molecule has 31 heavy (non-hydrogen) atoms. The Morgan fingerprint density at radius 1 is 1.10 bits per heavy atom. The van der Waals surface area contributed by atoms with Crippen LogP contribution in [0.25, 0.3) is 11.0 Å². The van der Waals surface area contributed by atoms with Crippen LogP contribution in [0.15, 0.2) is 80.6 Å². The normalized spacial score (nSPS) is 11.9. The molecule has 2 aromatic carbocycles. The molecule has 2 aromatic heterocycles. The number of carbonyl (C=O) groups excluding carboxylic acids is 1. The van der Waals surface area contributed by atoms with E-state index < -0.39 is 11.7 Å². The third kappa shape index (κ3) is 4.38. The first kappa shape index (κ1) is 20.5. The number of carbonyl (C=O) groups is 1. The van der Waals surface area contributed by atoms with Gasteiger partial charge in [0.05, 0.1) is 13.4 Å². The summed E-state index contributed by atoms with van der Waals surface area (Å²) in [5.41, 5.74) is 2.27. The molecule has 0 radical (unpaired) electrons. The summed E-state index contributed by atoms with van der Waals surface area (Å²) in [6.07, 6.45) is 2.01. The fraction of sp³-hybridized carbons (Fsp3) is 0.200. The van der Waals surface area contributed by atoms with E-state index in [1.54, 1.807) is 25.5 Å². The predicted molar refractivity (Wildman–Crippen MR) is 117 cm³/mol. The van der Waals surface area contributed by atoms with Crippen molar-refractivity contribution < 1.29 is 18.4 Å². The van der Waals surface area contributed by atoms with Gasteiger partial charge in [0.2, 0.25) is 5.91 Å². The summed E-state index contributed by atoms with van der Waals surface area (Å²) < 4.78 is 16.2. The van der Waals surface area contributed by atoms with Crippen LogP contribution in [0, 0.1) is 6.92 Å². The lowest BCUT2D eigenvalue weighted by Gasteiger charge is -2.17. The van der Waals surface area contributed by atoms with E-state index in [-0.39, 0.29) is 18.7 Å². The van der Waals surface area contributed by atoms with Crippen molar-refractivity contribution in [2.45, 2.75) is 25.8 Å². The first-order valence-electron chi connectivity index (χ1n) is 10.0. The summed E-state index contributed by atoms with van der Waals surface area (Å²) >= 11 is 0. The van der Waals surface area contributed by atoms with Gasteiger partial charge in [-0.15, -0.1) is 0 Å². The highest BCUT2D eigenvalue weighted by molar-refractivity contribution is 5.83. The van der Waals surface area contributed by atoms with Gasteiger partial charge >= 0.3 is 5.63 Å². The summed E-state index contributed by atoms with van der Waals surface area (Å²) in [5.74, 6) is 1.08. The minimum absolute atomic E-state index is 0.150. The quantitative estimate of drug-likeness (QED) is 0.447. The molecule has 0 saturated heterocycles. The fourth-order valence-corrected chi connectivity index (χ4v) is 3.68. The van der Waals surface area contributed by atoms with Crippen molar-refractivity contribution in [2.75, 3.05) is 7.11 Å². The topological polar surface area (TPSA) is 81.7 Å². The molecule has 1 atom stereocenters. The Bertz CT molecular complexity index is 1240. The molecule has 0 aliphatic rings. The molecule has 1 amide bonds. The molecule has 0 saturated carbocycles. The maximum Gasteiger partial charge on any atom is 0.339 e. The van der Waals surface area contributed by atoms with Gasteiger partial charge in [-0.25, -0.2) is 4.79 Å². The summed E-state index contributed by atoms with van der Waals surface area (Å²) in [6, 6.07) is 18.2. The largest absolute Gasteiger partial charge is 0.497 e. The van der Waals surface area contributed by atoms with Gasteiger partial charge in [-0.2, -0.15) is 0 Å². The van der Waals surface area contributed by atoms with Crippen LogP contribution in [0.1, 0.15) is 34.9 Å². The Kier molecular flexibility index (Phi) is 5.89. The second-order valence-corrected chi connectivity index (χ2v) is 7.28. The van der Waals surface area contributed by atoms with E-state index in [2.05, 4.69) is 5.32 Å². The SMILES string of the molecule is COc1ccc2c(C)c(CCC(=O)NC(c3ccccc3)c3ccco3)c(=O)oc2c1. The van der Waals surface area contributed by atoms with E-state index in [9.17, 15) is 9.59 Å². The van der Waals surface area contributed by atoms with Crippen molar-refractivity contribution in [1.82, 2.24) is 5.32 Å². The molecule has 6 nitrogen and oxygen atoms in total. The van der Waals surface area contributed by atoms with E-state index in [1.165, 1.54) is 0 Å². The van der Waals surface area contributed by atoms with E-state index in [0.29, 0.717) is 22.7 Å². The number of hydrogen-bond acceptors (Lipinski definition) is 5. The molecular weight excluding hydrogens is 394 g/mol. The van der Waals surface area contributed by atoms with Gasteiger partial charge < -0.3 is 18.9 Å². The lowest BCUT2D eigenvalue weighted by molar-refractivity contribution is -0.121. The van der Waals surface area contributed by atoms with Gasteiger partial charge in [0.15, 0.2) is 0 Å². The van der Waals surface area contributed by atoms with Crippen LogP contribution < -0.4 is 15.7 Å². The molecule has 1 N–H and O–H groups in total. The maximum atomic E-state index is 12.8. The number of aryl methyl sites for hydroxylation is 1. The number of furan rings is 1. The third-order valence-electron chi connectivity index (χ3n) is 5.36. The Labute approximate surface area is 179 Å². The summed E-state index contributed by atoms with van der Waals surface area (Å²) in [7, 11) is 1.56. The van der Waals surface area contributed by atoms with Gasteiger partial charge in [0.1, 0.15) is 23.1 Å². The minimum atomic E-state index is -0.434. The molecule has 0 aliphatic heterocycles. The van der Waals surface area contributed by atoms with Gasteiger partial charge in [-0.05, 0) is 48.7 Å². The van der Waals surface area contributed by atoms with E-state index in [0.717, 1.165) is 16.5 Å². The fourth-order valence-electron chi connectivity index (χ4n) is 3.68. The number of ether oxygens (including phenoxy) is 1. The maximum absolute atomic E-state index is 12.8. The zero-order valence-electron chi connectivity index (χ0n) is 17.4. The monoisotopic (exact) mass is 417 g/mol. The highest BCUT2D eigenvalue weighted by atomic mass is 16.5. The number of methoxy groups -OCH3 is 1. The molecule has 2 heterocycles. The van der Waals surface area contributed by atoms with Crippen molar-refractivity contribution >= 4 is 16.9 Å². The van der Waals surface area contributed by atoms with Crippen molar-refractivity contribution in [2.24, 2.45) is 0 Å². The van der Waals surface area contributed by atoms with Crippen molar-refractivity contribution in [3.63, 3.8) is 0 Å². The van der Waals surface area contributed by atoms with Crippen LogP contribution in [0.5, 0.6) is 5.75 Å². The molecule has 0 fully saturated rings. The summed E-state index contributed by atoms with van der Waals surface area (Å²) in [4.78, 5) is 25.3. The Hall–Kier alpha value is -3.80. The van der Waals surface area contributed by atoms with Crippen LogP contribution in [0.4, 0.5) is 0 Å². The number of rotatable bonds is 7. The van der Waals surface area contributed by atoms with Crippen molar-refractivity contribution in [3.8, 4) is 5.75 Å². The second-order valence-electron chi connectivity index (χ2n) is 7.28. The summed E-state index contributed by atoms with van der Waals surface area (Å²) in [6.45, 7) is 1.87. The first-order chi connectivity index (χ1) is 15.1. The number of nitrogens with one attached hydrogen (secondary N) is 1. The lowest BCUT2D eigenvalue weighted by atomic mass is 10.0. The molecule has 158 valence electrons. The smallest absolute Gasteiger partial charge is 0.339 e. The van der Waals surface area contributed by atoms with Gasteiger partial charge in [-0.3, -0.25) is 4.79 Å². The van der Waals surface area contributed by atoms with Crippen LogP contribution in [-0.4, -0.2) is 13.0 Å². The van der Waals surface area contributed by atoms with Gasteiger partial charge in [0, 0.05) is 23.4 Å². The molecule has 4 aromatic rings. The van der Waals surface area contributed by atoms with Gasteiger partial charge in [-0.1, -0.05) is 30.3 Å². The first-order valence-corrected chi connectivity index (χ1v) is 10.0. The molecular formula is C25H23NO5. The molecule has 0 spiro atoms. The van der Waals surface area contributed by atoms with E-state index in [4.69, 9.17) is 13.6 Å². The zero-order valence-corrected chi connectivity index (χ0v) is 17.4. The molecule has 4 rings (SSSR count). The average Bonchev–Trinajstić information content (AvgIpc) is 3.32. The van der Waals surface area contributed by atoms with E-state index in [1.807, 2.05) is 55.5 Å². The van der Waals surface area contributed by atoms with Crippen LogP contribution >= 0.6 is 0 Å². The number of amides is 1. The number of fused-ring (bicyclic) bond motifs is 1. The van der Waals surface area contributed by atoms with Crippen LogP contribution in [0.2, 0.25) is 0 Å². The molecule has 0 aliphatic carbocycles. The molecule has 6 heteroatoms. The third-order valence-corrected chi connectivity index (χ3v) is 5.36. The lowest BCUT2D eigenvalue weighted by Crippen LogP contribution is -2.29. The highest BCUT2D eigenvalue weighted by Gasteiger charge is 2.20. The van der Waals surface area contributed by atoms with Crippen LogP contribution in [0.3, 0.4) is 0 Å². The van der Waals surface area contributed by atoms with E-state index >= 15 is 0 Å². The predicted octanol–water partition coefficient (Wildman–Crippen LogP) is 4.54. The Morgan fingerprint density at radius 2 is 1.90 bits per heavy atom.